The van der Waals surface area contributed by atoms with Gasteiger partial charge in [-0.3, -0.25) is 19.3 Å². The summed E-state index contributed by atoms with van der Waals surface area (Å²) in [7, 11) is 0. The fourth-order valence-corrected chi connectivity index (χ4v) is 7.71. The van der Waals surface area contributed by atoms with E-state index in [1.165, 1.54) is 58.0 Å². The predicted octanol–water partition coefficient (Wildman–Crippen LogP) is 2.14. The smallest absolute Gasteiger partial charge is 0.352 e. The van der Waals surface area contributed by atoms with Crippen LogP contribution in [0.3, 0.4) is 0 Å². The first kappa shape index (κ1) is 28.4. The van der Waals surface area contributed by atoms with Crippen molar-refractivity contribution in [3.63, 3.8) is 0 Å². The molecular formula is C26H24N6O6S3. The number of carbonyl (C=O) groups excluding carboxylic acids is 3. The Labute approximate surface area is 246 Å². The van der Waals surface area contributed by atoms with E-state index < -0.39 is 41.1 Å². The van der Waals surface area contributed by atoms with E-state index in [9.17, 15) is 29.4 Å². The van der Waals surface area contributed by atoms with Gasteiger partial charge in [-0.1, -0.05) is 53.4 Å². The number of thioether (sulfide) groups is 2. The Balaban J connectivity index is 1.32. The van der Waals surface area contributed by atoms with Gasteiger partial charge in [-0.05, 0) is 30.2 Å². The van der Waals surface area contributed by atoms with Crippen molar-refractivity contribution in [2.45, 2.75) is 28.7 Å². The molecule has 2 aliphatic heterocycles. The molecular weight excluding hydrogens is 589 g/mol. The first-order chi connectivity index (χ1) is 19.6. The zero-order valence-electron chi connectivity index (χ0n) is 21.4. The average molecular weight is 613 g/mol. The molecule has 41 heavy (non-hydrogen) atoms. The molecule has 0 aliphatic carbocycles. The third-order valence-corrected chi connectivity index (χ3v) is 9.76. The summed E-state index contributed by atoms with van der Waals surface area (Å²) in [6.45, 7) is 1.83. The Morgan fingerprint density at radius 1 is 1.20 bits per heavy atom. The van der Waals surface area contributed by atoms with Crippen molar-refractivity contribution in [3.8, 4) is 5.75 Å². The number of aromatic nitrogens is 2. The number of phenols is 1. The van der Waals surface area contributed by atoms with E-state index in [2.05, 4.69) is 20.8 Å². The second-order valence-electron chi connectivity index (χ2n) is 9.12. The first-order valence-corrected chi connectivity index (χ1v) is 15.1. The van der Waals surface area contributed by atoms with E-state index in [1.807, 2.05) is 6.92 Å². The lowest BCUT2D eigenvalue weighted by atomic mass is 10.0. The van der Waals surface area contributed by atoms with Crippen LogP contribution in [0, 0.1) is 6.92 Å². The van der Waals surface area contributed by atoms with Crippen LogP contribution in [0.15, 0.2) is 64.1 Å². The number of aliphatic carboxylic acids is 1. The Kier molecular flexibility index (Phi) is 8.19. The van der Waals surface area contributed by atoms with Gasteiger partial charge in [-0.25, -0.2) is 4.79 Å². The third kappa shape index (κ3) is 5.87. The molecule has 1 fully saturated rings. The highest BCUT2D eigenvalue weighted by molar-refractivity contribution is 8.01. The number of phenolic OH excluding ortho intramolecular Hbond substituents is 1. The molecule has 3 atom stereocenters. The maximum Gasteiger partial charge on any atom is 0.352 e. The lowest BCUT2D eigenvalue weighted by Gasteiger charge is -2.49. The van der Waals surface area contributed by atoms with E-state index in [4.69, 9.17) is 5.73 Å². The van der Waals surface area contributed by atoms with E-state index in [0.29, 0.717) is 27.0 Å². The van der Waals surface area contributed by atoms with Gasteiger partial charge in [0.2, 0.25) is 5.91 Å². The molecule has 0 radical (unpaired) electrons. The van der Waals surface area contributed by atoms with Crippen LogP contribution in [0.4, 0.5) is 5.69 Å². The Bertz CT molecular complexity index is 1560. The van der Waals surface area contributed by atoms with Gasteiger partial charge >= 0.3 is 5.97 Å². The molecule has 212 valence electrons. The monoisotopic (exact) mass is 612 g/mol. The first-order valence-electron chi connectivity index (χ1n) is 12.2. The number of carboxylic acid groups (broad SMARTS) is 1. The molecule has 1 saturated heterocycles. The second-order valence-corrected chi connectivity index (χ2v) is 12.6. The van der Waals surface area contributed by atoms with Crippen molar-refractivity contribution < 1.29 is 29.4 Å². The number of aryl methyl sites for hydroxylation is 1. The van der Waals surface area contributed by atoms with Crippen LogP contribution in [-0.4, -0.2) is 71.9 Å². The average Bonchev–Trinajstić information content (AvgIpc) is 3.37. The number of carboxylic acids is 1. The van der Waals surface area contributed by atoms with Crippen molar-refractivity contribution in [2.75, 3.05) is 17.2 Å². The van der Waals surface area contributed by atoms with Crippen molar-refractivity contribution in [1.29, 1.82) is 0 Å². The van der Waals surface area contributed by atoms with Crippen LogP contribution < -0.4 is 16.4 Å². The molecule has 3 amide bonds. The van der Waals surface area contributed by atoms with E-state index in [1.54, 1.807) is 30.3 Å². The number of amides is 3. The quantitative estimate of drug-likeness (QED) is 0.135. The van der Waals surface area contributed by atoms with Gasteiger partial charge in [-0.15, -0.1) is 22.0 Å². The van der Waals surface area contributed by atoms with Crippen LogP contribution >= 0.6 is 34.9 Å². The van der Waals surface area contributed by atoms with Crippen molar-refractivity contribution >= 4 is 64.2 Å². The molecule has 15 heteroatoms. The minimum Gasteiger partial charge on any atom is -0.507 e. The summed E-state index contributed by atoms with van der Waals surface area (Å²) in [5.41, 5.74) is 6.77. The van der Waals surface area contributed by atoms with Gasteiger partial charge in [0.25, 0.3) is 11.8 Å². The number of hydrogen-bond donors (Lipinski definition) is 5. The number of β-lactam (4-membered cyclic amide) rings is 1. The molecule has 0 bridgehead atoms. The summed E-state index contributed by atoms with van der Waals surface area (Å²) in [6.07, 6.45) is 0. The number of carbonyl (C=O) groups is 4. The topological polar surface area (TPSA) is 188 Å². The number of nitrogens with two attached hydrogens (primary N) is 1. The Morgan fingerprint density at radius 3 is 2.61 bits per heavy atom. The van der Waals surface area contributed by atoms with Gasteiger partial charge in [0.05, 0.1) is 5.56 Å². The van der Waals surface area contributed by atoms with Gasteiger partial charge in [0, 0.05) is 23.3 Å². The number of anilines is 1. The maximum absolute atomic E-state index is 13.5. The number of nitrogens with zero attached hydrogens (tertiary/aromatic N) is 3. The van der Waals surface area contributed by atoms with Gasteiger partial charge in [0.15, 0.2) is 4.34 Å². The van der Waals surface area contributed by atoms with Gasteiger partial charge in [-0.2, -0.15) is 0 Å². The number of rotatable bonds is 9. The minimum absolute atomic E-state index is 0.0769. The summed E-state index contributed by atoms with van der Waals surface area (Å²) < 4.78 is 0.702. The molecule has 2 aromatic carbocycles. The van der Waals surface area contributed by atoms with Crippen LogP contribution in [0.1, 0.15) is 27.0 Å². The highest BCUT2D eigenvalue weighted by Crippen LogP contribution is 2.42. The maximum atomic E-state index is 13.5. The summed E-state index contributed by atoms with van der Waals surface area (Å²) in [5.74, 6) is -2.83. The number of benzene rings is 2. The van der Waals surface area contributed by atoms with E-state index in [-0.39, 0.29) is 22.7 Å². The summed E-state index contributed by atoms with van der Waals surface area (Å²) in [4.78, 5) is 53.0. The number of hydrogen-bond acceptors (Lipinski definition) is 11. The molecule has 6 N–H and O–H groups in total. The van der Waals surface area contributed by atoms with Crippen LogP contribution in [0.25, 0.3) is 0 Å². The molecule has 1 unspecified atom stereocenters. The molecule has 0 spiro atoms. The molecule has 3 aromatic rings. The number of aromatic hydroxyl groups is 1. The molecule has 3 heterocycles. The van der Waals surface area contributed by atoms with Crippen LogP contribution in [-0.2, 0) is 14.4 Å². The van der Waals surface area contributed by atoms with Crippen molar-refractivity contribution in [3.05, 3.63) is 75.9 Å². The predicted molar refractivity (Wildman–Crippen MR) is 154 cm³/mol. The van der Waals surface area contributed by atoms with Gasteiger partial charge < -0.3 is 26.6 Å². The SMILES string of the molecule is Cc1nnc(SCC2=C(C(=O)O)N3C(=O)C(NC(=O)[C@@H](NC(=O)c4ccc(N)cc4O)c4ccccc4)[C@@H]3SC2)s1. The summed E-state index contributed by atoms with van der Waals surface area (Å²) in [5, 5.41) is 33.6. The number of fused-ring (bicyclic) bond motifs is 1. The van der Waals surface area contributed by atoms with E-state index in [0.717, 1.165) is 5.01 Å². The van der Waals surface area contributed by atoms with Crippen molar-refractivity contribution in [1.82, 2.24) is 25.7 Å². The lowest BCUT2D eigenvalue weighted by molar-refractivity contribution is -0.151. The zero-order valence-corrected chi connectivity index (χ0v) is 23.9. The number of nitrogens with one attached hydrogen (secondary N) is 2. The highest BCUT2D eigenvalue weighted by Gasteiger charge is 2.54. The fraction of sp³-hybridized carbons (Fsp3) is 0.231. The van der Waals surface area contributed by atoms with Crippen molar-refractivity contribution in [2.24, 2.45) is 0 Å². The molecule has 1 aromatic heterocycles. The normalized spacial score (nSPS) is 18.8. The van der Waals surface area contributed by atoms with E-state index >= 15 is 0 Å². The largest absolute Gasteiger partial charge is 0.507 e. The molecule has 12 nitrogen and oxygen atoms in total. The lowest BCUT2D eigenvalue weighted by Crippen LogP contribution is -2.71. The second kappa shape index (κ2) is 11.8. The Hall–Kier alpha value is -4.08. The van der Waals surface area contributed by atoms with Gasteiger partial charge in [0.1, 0.15) is 33.9 Å². The molecule has 0 saturated carbocycles. The summed E-state index contributed by atoms with van der Waals surface area (Å²) >= 11 is 4.10. The van der Waals surface area contributed by atoms with Crippen LogP contribution in [0.2, 0.25) is 0 Å². The number of nitrogen functional groups attached to an aromatic ring is 1. The standard InChI is InChI=1S/C26H24N6O6S3/c1-12-30-31-26(41-12)40-11-14-10-39-24-19(23(36)32(24)20(14)25(37)38)29-22(35)18(13-5-3-2-4-6-13)28-21(34)16-8-7-15(27)9-17(16)33/h2-9,18-19,24,33H,10-11,27H2,1H3,(H,28,34)(H,29,35)(H,37,38)/t18-,19?,24-/m0/s1. The minimum atomic E-state index is -1.23. The third-order valence-electron chi connectivity index (χ3n) is 6.36. The Morgan fingerprint density at radius 2 is 1.95 bits per heavy atom. The molecule has 2 aliphatic rings. The summed E-state index contributed by atoms with van der Waals surface area (Å²) in [6, 6.07) is 10.3. The fourth-order valence-electron chi connectivity index (χ4n) is 4.41. The van der Waals surface area contributed by atoms with Crippen LogP contribution in [0.5, 0.6) is 5.75 Å². The highest BCUT2D eigenvalue weighted by atomic mass is 32.2. The molecule has 5 rings (SSSR count). The zero-order chi connectivity index (χ0) is 29.3.